The van der Waals surface area contributed by atoms with Crippen molar-refractivity contribution in [2.45, 2.75) is 32.4 Å². The SMILES string of the molecule is Cc1cc(F)ccc1N1CCC(NCc2ccn[nH]2)CC1. The molecule has 2 heterocycles. The molecule has 1 fully saturated rings. The van der Waals surface area contributed by atoms with Gasteiger partial charge in [0.15, 0.2) is 0 Å². The second-order valence-electron chi connectivity index (χ2n) is 5.65. The first-order valence-corrected chi connectivity index (χ1v) is 7.45. The predicted octanol–water partition coefficient (Wildman–Crippen LogP) is 2.62. The highest BCUT2D eigenvalue weighted by Crippen LogP contribution is 2.24. The minimum absolute atomic E-state index is 0.160. The van der Waals surface area contributed by atoms with Crippen LogP contribution in [0.2, 0.25) is 0 Å². The number of benzene rings is 1. The van der Waals surface area contributed by atoms with Crippen molar-refractivity contribution in [3.05, 3.63) is 47.5 Å². The van der Waals surface area contributed by atoms with E-state index in [1.165, 1.54) is 0 Å². The van der Waals surface area contributed by atoms with E-state index in [9.17, 15) is 4.39 Å². The van der Waals surface area contributed by atoms with Crippen molar-refractivity contribution in [1.82, 2.24) is 15.5 Å². The second-order valence-corrected chi connectivity index (χ2v) is 5.65. The second kappa shape index (κ2) is 6.26. The fourth-order valence-corrected chi connectivity index (χ4v) is 2.94. The van der Waals surface area contributed by atoms with E-state index < -0.39 is 0 Å². The molecule has 4 nitrogen and oxygen atoms in total. The van der Waals surface area contributed by atoms with Crippen LogP contribution in [0.15, 0.2) is 30.5 Å². The minimum atomic E-state index is -0.160. The van der Waals surface area contributed by atoms with Crippen LogP contribution in [0, 0.1) is 12.7 Å². The average Bonchev–Trinajstić information content (AvgIpc) is 2.99. The molecule has 0 unspecified atom stereocenters. The third-order valence-electron chi connectivity index (χ3n) is 4.13. The summed E-state index contributed by atoms with van der Waals surface area (Å²) in [6.07, 6.45) is 3.98. The molecule has 1 aliphatic rings. The summed E-state index contributed by atoms with van der Waals surface area (Å²) in [6.45, 7) is 4.82. The Bertz CT molecular complexity index is 574. The minimum Gasteiger partial charge on any atom is -0.371 e. The van der Waals surface area contributed by atoms with Crippen LogP contribution in [0.25, 0.3) is 0 Å². The molecule has 112 valence electrons. The van der Waals surface area contributed by atoms with Gasteiger partial charge in [0.05, 0.1) is 0 Å². The maximum atomic E-state index is 13.2. The van der Waals surface area contributed by atoms with Gasteiger partial charge in [0.1, 0.15) is 5.82 Å². The summed E-state index contributed by atoms with van der Waals surface area (Å²) in [5, 5.41) is 10.5. The highest BCUT2D eigenvalue weighted by Gasteiger charge is 2.20. The lowest BCUT2D eigenvalue weighted by atomic mass is 10.0. The maximum absolute atomic E-state index is 13.2. The number of halogens is 1. The number of rotatable bonds is 4. The molecule has 0 atom stereocenters. The number of aryl methyl sites for hydroxylation is 1. The van der Waals surface area contributed by atoms with Gasteiger partial charge in [-0.05, 0) is 49.6 Å². The van der Waals surface area contributed by atoms with Gasteiger partial charge >= 0.3 is 0 Å². The molecule has 1 aromatic carbocycles. The van der Waals surface area contributed by atoms with Crippen LogP contribution in [-0.2, 0) is 6.54 Å². The van der Waals surface area contributed by atoms with Crippen molar-refractivity contribution in [3.63, 3.8) is 0 Å². The van der Waals surface area contributed by atoms with Gasteiger partial charge in [0.2, 0.25) is 0 Å². The Labute approximate surface area is 124 Å². The molecular formula is C16H21FN4. The molecular weight excluding hydrogens is 267 g/mol. The monoisotopic (exact) mass is 288 g/mol. The maximum Gasteiger partial charge on any atom is 0.123 e. The molecule has 2 aromatic rings. The smallest absolute Gasteiger partial charge is 0.123 e. The molecule has 3 rings (SSSR count). The van der Waals surface area contributed by atoms with Gasteiger partial charge in [-0.2, -0.15) is 5.10 Å². The van der Waals surface area contributed by atoms with Crippen molar-refractivity contribution in [1.29, 1.82) is 0 Å². The van der Waals surface area contributed by atoms with Gasteiger partial charge in [-0.1, -0.05) is 0 Å². The van der Waals surface area contributed by atoms with E-state index >= 15 is 0 Å². The number of hydrogen-bond acceptors (Lipinski definition) is 3. The largest absolute Gasteiger partial charge is 0.371 e. The third-order valence-corrected chi connectivity index (χ3v) is 4.13. The molecule has 0 spiro atoms. The summed E-state index contributed by atoms with van der Waals surface area (Å²) in [6, 6.07) is 7.57. The van der Waals surface area contributed by atoms with Crippen molar-refractivity contribution in [2.75, 3.05) is 18.0 Å². The van der Waals surface area contributed by atoms with Gasteiger partial charge in [-0.25, -0.2) is 4.39 Å². The number of nitrogens with zero attached hydrogens (tertiary/aromatic N) is 2. The zero-order valence-corrected chi connectivity index (χ0v) is 12.3. The predicted molar refractivity (Wildman–Crippen MR) is 81.8 cm³/mol. The van der Waals surface area contributed by atoms with Crippen LogP contribution in [0.5, 0.6) is 0 Å². The summed E-state index contributed by atoms with van der Waals surface area (Å²) in [5.74, 6) is -0.160. The van der Waals surface area contributed by atoms with E-state index in [4.69, 9.17) is 0 Å². The molecule has 1 saturated heterocycles. The first-order chi connectivity index (χ1) is 10.2. The lowest BCUT2D eigenvalue weighted by Gasteiger charge is -2.34. The fourth-order valence-electron chi connectivity index (χ4n) is 2.94. The third kappa shape index (κ3) is 3.42. The Morgan fingerprint density at radius 3 is 2.81 bits per heavy atom. The number of anilines is 1. The fraction of sp³-hybridized carbons (Fsp3) is 0.438. The molecule has 5 heteroatoms. The van der Waals surface area contributed by atoms with Crippen LogP contribution < -0.4 is 10.2 Å². The number of aromatic amines is 1. The van der Waals surface area contributed by atoms with E-state index in [0.717, 1.165) is 49.4 Å². The quantitative estimate of drug-likeness (QED) is 0.909. The summed E-state index contributed by atoms with van der Waals surface area (Å²) in [5.41, 5.74) is 3.29. The van der Waals surface area contributed by atoms with Gasteiger partial charge in [0.25, 0.3) is 0 Å². The van der Waals surface area contributed by atoms with Crippen LogP contribution in [0.1, 0.15) is 24.1 Å². The van der Waals surface area contributed by atoms with Crippen LogP contribution in [-0.4, -0.2) is 29.3 Å². The highest BCUT2D eigenvalue weighted by molar-refractivity contribution is 5.53. The first-order valence-electron chi connectivity index (χ1n) is 7.45. The van der Waals surface area contributed by atoms with E-state index in [-0.39, 0.29) is 5.82 Å². The number of piperidine rings is 1. The molecule has 2 N–H and O–H groups in total. The van der Waals surface area contributed by atoms with E-state index in [1.54, 1.807) is 18.3 Å². The van der Waals surface area contributed by atoms with Gasteiger partial charge in [-0.15, -0.1) is 0 Å². The Hall–Kier alpha value is -1.88. The standard InChI is InChI=1S/C16H21FN4/c1-12-10-13(17)2-3-16(12)21-8-5-14(6-9-21)18-11-15-4-7-19-20-15/h2-4,7,10,14,18H,5-6,8-9,11H2,1H3,(H,19,20). The molecule has 0 radical (unpaired) electrons. The molecule has 0 saturated carbocycles. The normalized spacial score (nSPS) is 16.4. The number of nitrogens with one attached hydrogen (secondary N) is 2. The van der Waals surface area contributed by atoms with Crippen LogP contribution >= 0.6 is 0 Å². The van der Waals surface area contributed by atoms with Crippen LogP contribution in [0.3, 0.4) is 0 Å². The van der Waals surface area contributed by atoms with Crippen molar-refractivity contribution in [2.24, 2.45) is 0 Å². The van der Waals surface area contributed by atoms with Crippen molar-refractivity contribution in [3.8, 4) is 0 Å². The highest BCUT2D eigenvalue weighted by atomic mass is 19.1. The molecule has 1 aromatic heterocycles. The van der Waals surface area contributed by atoms with E-state index in [0.29, 0.717) is 6.04 Å². The Kier molecular flexibility index (Phi) is 4.20. The van der Waals surface area contributed by atoms with Gasteiger partial charge in [0, 0.05) is 43.3 Å². The lowest BCUT2D eigenvalue weighted by molar-refractivity contribution is 0.411. The zero-order valence-electron chi connectivity index (χ0n) is 12.3. The summed E-state index contributed by atoms with van der Waals surface area (Å²) in [7, 11) is 0. The molecule has 0 aliphatic carbocycles. The summed E-state index contributed by atoms with van der Waals surface area (Å²) < 4.78 is 13.2. The molecule has 0 amide bonds. The van der Waals surface area contributed by atoms with E-state index in [2.05, 4.69) is 20.4 Å². The number of H-pyrrole nitrogens is 1. The summed E-state index contributed by atoms with van der Waals surface area (Å²) in [4.78, 5) is 2.35. The van der Waals surface area contributed by atoms with Crippen LogP contribution in [0.4, 0.5) is 10.1 Å². The van der Waals surface area contributed by atoms with Crippen molar-refractivity contribution >= 4 is 5.69 Å². The first kappa shape index (κ1) is 14.1. The molecule has 21 heavy (non-hydrogen) atoms. The molecule has 1 aliphatic heterocycles. The van der Waals surface area contributed by atoms with E-state index in [1.807, 2.05) is 19.1 Å². The summed E-state index contributed by atoms with van der Waals surface area (Å²) >= 11 is 0. The lowest BCUT2D eigenvalue weighted by Crippen LogP contribution is -2.42. The Morgan fingerprint density at radius 2 is 2.14 bits per heavy atom. The van der Waals surface area contributed by atoms with Crippen molar-refractivity contribution < 1.29 is 4.39 Å². The van der Waals surface area contributed by atoms with Gasteiger partial charge in [-0.3, -0.25) is 5.10 Å². The topological polar surface area (TPSA) is 44.0 Å². The Balaban J connectivity index is 1.52. The van der Waals surface area contributed by atoms with Gasteiger partial charge < -0.3 is 10.2 Å². The average molecular weight is 288 g/mol. The zero-order chi connectivity index (χ0) is 14.7. The number of hydrogen-bond donors (Lipinski definition) is 2. The Morgan fingerprint density at radius 1 is 1.33 bits per heavy atom. The number of aromatic nitrogens is 2. The molecule has 0 bridgehead atoms.